The van der Waals surface area contributed by atoms with Crippen LogP contribution in [0.4, 0.5) is 0 Å². The van der Waals surface area contributed by atoms with Crippen LogP contribution in [0, 0.1) is 0 Å². The van der Waals surface area contributed by atoms with Crippen molar-refractivity contribution in [2.24, 2.45) is 0 Å². The molecule has 0 saturated heterocycles. The fourth-order valence-corrected chi connectivity index (χ4v) is 3.79. The van der Waals surface area contributed by atoms with Gasteiger partial charge in [0.1, 0.15) is 0 Å². The first-order valence-corrected chi connectivity index (χ1v) is 7.98. The van der Waals surface area contributed by atoms with Gasteiger partial charge in [0.15, 0.2) is 11.5 Å². The zero-order chi connectivity index (χ0) is 15.4. The predicted molar refractivity (Wildman–Crippen MR) is 89.0 cm³/mol. The lowest BCUT2D eigenvalue weighted by atomic mass is 10.0. The Balaban J connectivity index is 2.51. The highest BCUT2D eigenvalue weighted by Gasteiger charge is 2.20. The fraction of sp³-hybridized carbons (Fsp3) is 0.333. The molecule has 1 N–H and O–H groups in total. The van der Waals surface area contributed by atoms with E-state index in [0.29, 0.717) is 17.2 Å². The van der Waals surface area contributed by atoms with E-state index in [-0.39, 0.29) is 6.04 Å². The third-order valence-electron chi connectivity index (χ3n) is 3.19. The molecule has 2 aromatic rings. The highest BCUT2D eigenvalue weighted by molar-refractivity contribution is 9.11. The zero-order valence-electron chi connectivity index (χ0n) is 12.4. The molecule has 0 fully saturated rings. The van der Waals surface area contributed by atoms with Gasteiger partial charge in [-0.15, -0.1) is 11.3 Å². The number of thiophene rings is 1. The fourth-order valence-electron chi connectivity index (χ4n) is 2.22. The second-order valence-corrected chi connectivity index (χ2v) is 6.82. The summed E-state index contributed by atoms with van der Waals surface area (Å²) in [4.78, 5) is 1.21. The smallest absolute Gasteiger partial charge is 0.203 e. The van der Waals surface area contributed by atoms with Crippen molar-refractivity contribution in [3.8, 4) is 17.2 Å². The van der Waals surface area contributed by atoms with Gasteiger partial charge in [-0.1, -0.05) is 0 Å². The van der Waals surface area contributed by atoms with Gasteiger partial charge < -0.3 is 19.5 Å². The van der Waals surface area contributed by atoms with E-state index < -0.39 is 0 Å². The minimum atomic E-state index is 0.0648. The van der Waals surface area contributed by atoms with Crippen molar-refractivity contribution < 1.29 is 14.2 Å². The van der Waals surface area contributed by atoms with E-state index in [1.54, 1.807) is 32.7 Å². The van der Waals surface area contributed by atoms with Gasteiger partial charge in [-0.2, -0.15) is 0 Å². The topological polar surface area (TPSA) is 39.7 Å². The number of halogens is 1. The minimum absolute atomic E-state index is 0.0648. The van der Waals surface area contributed by atoms with E-state index in [0.717, 1.165) is 9.35 Å². The summed E-state index contributed by atoms with van der Waals surface area (Å²) in [7, 11) is 6.78. The number of rotatable bonds is 6. The first kappa shape index (κ1) is 16.1. The van der Waals surface area contributed by atoms with E-state index >= 15 is 0 Å². The van der Waals surface area contributed by atoms with Crippen LogP contribution in [0.5, 0.6) is 17.2 Å². The summed E-state index contributed by atoms with van der Waals surface area (Å²) < 4.78 is 17.3. The largest absolute Gasteiger partial charge is 0.493 e. The molecular weight excluding hydrogens is 354 g/mol. The van der Waals surface area contributed by atoms with Gasteiger partial charge in [0, 0.05) is 4.88 Å². The molecule has 1 aromatic heterocycles. The van der Waals surface area contributed by atoms with Gasteiger partial charge in [-0.3, -0.25) is 0 Å². The Morgan fingerprint density at radius 1 is 1.05 bits per heavy atom. The van der Waals surface area contributed by atoms with Crippen molar-refractivity contribution in [2.75, 3.05) is 28.4 Å². The Bertz CT molecular complexity index is 590. The molecule has 0 spiro atoms. The van der Waals surface area contributed by atoms with Crippen molar-refractivity contribution in [1.29, 1.82) is 0 Å². The molecule has 114 valence electrons. The van der Waals surface area contributed by atoms with Crippen LogP contribution in [-0.2, 0) is 0 Å². The first-order chi connectivity index (χ1) is 10.1. The molecule has 1 unspecified atom stereocenters. The molecular formula is C15H18BrNO3S. The van der Waals surface area contributed by atoms with Crippen molar-refractivity contribution >= 4 is 27.3 Å². The second-order valence-electron chi connectivity index (χ2n) is 4.32. The Morgan fingerprint density at radius 2 is 1.67 bits per heavy atom. The SMILES string of the molecule is CNC(c1cc(OC)c(OC)c(OC)c1)c1ccc(Br)s1. The van der Waals surface area contributed by atoms with Crippen molar-refractivity contribution in [3.05, 3.63) is 38.5 Å². The molecule has 21 heavy (non-hydrogen) atoms. The first-order valence-electron chi connectivity index (χ1n) is 6.37. The van der Waals surface area contributed by atoms with Crippen molar-refractivity contribution in [2.45, 2.75) is 6.04 Å². The Morgan fingerprint density at radius 3 is 2.05 bits per heavy atom. The lowest BCUT2D eigenvalue weighted by Gasteiger charge is -2.19. The summed E-state index contributed by atoms with van der Waals surface area (Å²) in [5.74, 6) is 1.91. The van der Waals surface area contributed by atoms with E-state index in [4.69, 9.17) is 14.2 Å². The molecule has 1 heterocycles. The average molecular weight is 372 g/mol. The Hall–Kier alpha value is -1.24. The van der Waals surface area contributed by atoms with E-state index in [9.17, 15) is 0 Å². The van der Waals surface area contributed by atoms with Gasteiger partial charge in [0.05, 0.1) is 31.2 Å². The van der Waals surface area contributed by atoms with Crippen LogP contribution < -0.4 is 19.5 Å². The highest BCUT2D eigenvalue weighted by Crippen LogP contribution is 2.41. The van der Waals surface area contributed by atoms with Crippen molar-refractivity contribution in [3.63, 3.8) is 0 Å². The normalized spacial score (nSPS) is 12.0. The quantitative estimate of drug-likeness (QED) is 0.836. The number of hydrogen-bond donors (Lipinski definition) is 1. The third kappa shape index (κ3) is 3.33. The van der Waals surface area contributed by atoms with E-state index in [1.165, 1.54) is 4.88 Å². The van der Waals surface area contributed by atoms with Gasteiger partial charge >= 0.3 is 0 Å². The summed E-state index contributed by atoms with van der Waals surface area (Å²) in [5.41, 5.74) is 1.06. The number of ether oxygens (including phenoxy) is 3. The maximum absolute atomic E-state index is 5.42. The standard InChI is InChI=1S/C15H18BrNO3S/c1-17-14(12-5-6-13(16)21-12)9-7-10(18-2)15(20-4)11(8-9)19-3/h5-8,14,17H,1-4H3. The maximum atomic E-state index is 5.42. The molecule has 0 aliphatic heterocycles. The summed E-state index contributed by atoms with van der Waals surface area (Å²) >= 11 is 5.20. The van der Waals surface area contributed by atoms with E-state index in [2.05, 4.69) is 27.3 Å². The number of benzene rings is 1. The predicted octanol–water partition coefficient (Wildman–Crippen LogP) is 3.85. The summed E-state index contributed by atoms with van der Waals surface area (Å²) in [6.07, 6.45) is 0. The molecule has 4 nitrogen and oxygen atoms in total. The Kier molecular flexibility index (Phi) is 5.50. The van der Waals surface area contributed by atoms with Crippen LogP contribution in [0.15, 0.2) is 28.1 Å². The molecule has 0 saturated carbocycles. The van der Waals surface area contributed by atoms with Crippen molar-refractivity contribution in [1.82, 2.24) is 5.32 Å². The molecule has 0 bridgehead atoms. The third-order valence-corrected chi connectivity index (χ3v) is 4.88. The molecule has 0 amide bonds. The van der Waals surface area contributed by atoms with Gasteiger partial charge in [-0.25, -0.2) is 0 Å². The van der Waals surface area contributed by atoms with Gasteiger partial charge in [-0.05, 0) is 52.8 Å². The lowest BCUT2D eigenvalue weighted by molar-refractivity contribution is 0.323. The molecule has 1 atom stereocenters. The molecule has 1 aromatic carbocycles. The summed E-state index contributed by atoms with van der Waals surface area (Å²) in [6, 6.07) is 8.14. The van der Waals surface area contributed by atoms with Gasteiger partial charge in [0.2, 0.25) is 5.75 Å². The molecule has 0 radical (unpaired) electrons. The number of nitrogens with one attached hydrogen (secondary N) is 1. The van der Waals surface area contributed by atoms with Crippen LogP contribution in [0.3, 0.4) is 0 Å². The zero-order valence-corrected chi connectivity index (χ0v) is 14.8. The number of hydrogen-bond acceptors (Lipinski definition) is 5. The maximum Gasteiger partial charge on any atom is 0.203 e. The average Bonchev–Trinajstić information content (AvgIpc) is 2.93. The Labute approximate surface area is 137 Å². The molecule has 2 rings (SSSR count). The second kappa shape index (κ2) is 7.15. The van der Waals surface area contributed by atoms with Crippen LogP contribution in [0.2, 0.25) is 0 Å². The molecule has 6 heteroatoms. The molecule has 0 aliphatic carbocycles. The van der Waals surface area contributed by atoms with Crippen LogP contribution in [0.25, 0.3) is 0 Å². The minimum Gasteiger partial charge on any atom is -0.493 e. The number of methoxy groups -OCH3 is 3. The summed E-state index contributed by atoms with van der Waals surface area (Å²) in [6.45, 7) is 0. The monoisotopic (exact) mass is 371 g/mol. The van der Waals surface area contributed by atoms with Crippen LogP contribution in [0.1, 0.15) is 16.5 Å². The van der Waals surface area contributed by atoms with Crippen LogP contribution >= 0.6 is 27.3 Å². The van der Waals surface area contributed by atoms with E-state index in [1.807, 2.05) is 25.2 Å². The molecule has 0 aliphatic rings. The van der Waals surface area contributed by atoms with Gasteiger partial charge in [0.25, 0.3) is 0 Å². The summed E-state index contributed by atoms with van der Waals surface area (Å²) in [5, 5.41) is 3.33. The van der Waals surface area contributed by atoms with Crippen LogP contribution in [-0.4, -0.2) is 28.4 Å². The lowest BCUT2D eigenvalue weighted by Crippen LogP contribution is -2.16. The highest BCUT2D eigenvalue weighted by atomic mass is 79.9.